The van der Waals surface area contributed by atoms with Crippen LogP contribution in [-0.2, 0) is 34.3 Å². The molecular weight excluding hydrogens is 487 g/mol. The molecule has 0 saturated carbocycles. The van der Waals surface area contributed by atoms with Crippen LogP contribution in [0.1, 0.15) is 35.1 Å². The maximum Gasteiger partial charge on any atom is 0.419 e. The summed E-state index contributed by atoms with van der Waals surface area (Å²) in [5.74, 6) is -0.358. The molecule has 2 aromatic rings. The predicted octanol–water partition coefficient (Wildman–Crippen LogP) is 5.05. The first-order chi connectivity index (χ1) is 15.9. The van der Waals surface area contributed by atoms with Crippen LogP contribution in [0.5, 0.6) is 5.75 Å². The number of hydrogen-bond acceptors (Lipinski definition) is 5. The van der Waals surface area contributed by atoms with Crippen LogP contribution in [0.2, 0.25) is 0 Å². The molecule has 0 aliphatic heterocycles. The Hall–Kier alpha value is -2.07. The highest BCUT2D eigenvalue weighted by Crippen LogP contribution is 2.37. The molecule has 2 aromatic carbocycles. The molecule has 0 bridgehead atoms. The molecular formula is C22H26F6NO4P. The van der Waals surface area contributed by atoms with E-state index >= 15 is 0 Å². The molecule has 34 heavy (non-hydrogen) atoms. The van der Waals surface area contributed by atoms with Crippen LogP contribution in [0, 0.1) is 0 Å². The van der Waals surface area contributed by atoms with Gasteiger partial charge < -0.3 is 20.1 Å². The molecule has 0 aromatic heterocycles. The average molecular weight is 513 g/mol. The highest BCUT2D eigenvalue weighted by atomic mass is 31.1. The molecule has 0 heterocycles. The standard InChI is InChI=1S/C22H26F6NO4P/c23-21(24,25)17-6-3-15(4-7-17)2-1-11-32-19-8-5-16(12-18(19)22(26,27)28)9-10-20(29,13-30)14-33-34-31/h3-8,12,30H,1-2,9-11,13-14,29,34H2. The first kappa shape index (κ1) is 28.2. The molecule has 0 fully saturated rings. The summed E-state index contributed by atoms with van der Waals surface area (Å²) in [6.45, 7) is -0.734. The molecule has 0 radical (unpaired) electrons. The van der Waals surface area contributed by atoms with Gasteiger partial charge in [0.15, 0.2) is 8.69 Å². The number of aliphatic hydroxyl groups excluding tert-OH is 1. The van der Waals surface area contributed by atoms with Gasteiger partial charge in [-0.05, 0) is 61.1 Å². The van der Waals surface area contributed by atoms with E-state index in [-0.39, 0.29) is 31.8 Å². The first-order valence-electron chi connectivity index (χ1n) is 10.3. The van der Waals surface area contributed by atoms with Crippen molar-refractivity contribution in [1.82, 2.24) is 0 Å². The van der Waals surface area contributed by atoms with Crippen molar-refractivity contribution in [2.24, 2.45) is 5.73 Å². The summed E-state index contributed by atoms with van der Waals surface area (Å²) < 4.78 is 99.1. The van der Waals surface area contributed by atoms with E-state index in [0.717, 1.165) is 18.2 Å². The summed E-state index contributed by atoms with van der Waals surface area (Å²) in [6.07, 6.45) is -8.25. The number of halogens is 6. The lowest BCUT2D eigenvalue weighted by molar-refractivity contribution is -0.139. The Kier molecular flexibility index (Phi) is 9.99. The van der Waals surface area contributed by atoms with Gasteiger partial charge in [-0.15, -0.1) is 0 Å². The maximum absolute atomic E-state index is 13.6. The molecule has 2 atom stereocenters. The molecule has 2 rings (SSSR count). The Bertz CT molecular complexity index is 936. The molecule has 5 nitrogen and oxygen atoms in total. The smallest absolute Gasteiger partial charge is 0.419 e. The van der Waals surface area contributed by atoms with Crippen LogP contribution in [0.4, 0.5) is 26.3 Å². The third-order valence-corrected chi connectivity index (χ3v) is 5.47. The Labute approximate surface area is 194 Å². The molecule has 0 aliphatic carbocycles. The van der Waals surface area contributed by atoms with Crippen molar-refractivity contribution in [3.05, 3.63) is 64.7 Å². The summed E-state index contributed by atoms with van der Waals surface area (Å²) in [6, 6.07) is 8.17. The van der Waals surface area contributed by atoms with E-state index < -0.39 is 44.3 Å². The van der Waals surface area contributed by atoms with Gasteiger partial charge in [-0.25, -0.2) is 0 Å². The lowest BCUT2D eigenvalue weighted by atomic mass is 9.93. The zero-order valence-corrected chi connectivity index (χ0v) is 19.2. The van der Waals surface area contributed by atoms with Crippen LogP contribution < -0.4 is 10.5 Å². The minimum Gasteiger partial charge on any atom is -0.493 e. The normalized spacial score (nSPS) is 14.5. The minimum absolute atomic E-state index is 0.0608. The Morgan fingerprint density at radius 1 is 0.912 bits per heavy atom. The number of alkyl halides is 6. The van der Waals surface area contributed by atoms with Crippen LogP contribution in [0.3, 0.4) is 0 Å². The van der Waals surface area contributed by atoms with Crippen molar-refractivity contribution in [2.75, 3.05) is 19.8 Å². The molecule has 0 saturated heterocycles. The topological polar surface area (TPSA) is 81.8 Å². The van der Waals surface area contributed by atoms with Gasteiger partial charge in [-0.3, -0.25) is 4.57 Å². The fraction of sp³-hybridized carbons (Fsp3) is 0.455. The van der Waals surface area contributed by atoms with Crippen molar-refractivity contribution < 1.29 is 45.3 Å². The fourth-order valence-corrected chi connectivity index (χ4v) is 3.59. The van der Waals surface area contributed by atoms with Gasteiger partial charge in [0.2, 0.25) is 0 Å². The molecule has 3 N–H and O–H groups in total. The number of benzene rings is 2. The quantitative estimate of drug-likeness (QED) is 0.236. The van der Waals surface area contributed by atoms with E-state index in [9.17, 15) is 36.0 Å². The number of ether oxygens (including phenoxy) is 1. The summed E-state index contributed by atoms with van der Waals surface area (Å²) in [7, 11) is -1.52. The SMILES string of the molecule is NC(CO)(CCc1ccc(OCCCc2ccc(C(F)(F)F)cc2)c(C(F)(F)F)c1)CO[PH2]=O. The molecule has 2 unspecified atom stereocenters. The van der Waals surface area contributed by atoms with Crippen molar-refractivity contribution in [3.63, 3.8) is 0 Å². The van der Waals surface area contributed by atoms with E-state index in [1.54, 1.807) is 0 Å². The fourth-order valence-electron chi connectivity index (χ4n) is 3.19. The second-order valence-electron chi connectivity index (χ2n) is 7.90. The predicted molar refractivity (Wildman–Crippen MR) is 115 cm³/mol. The van der Waals surface area contributed by atoms with Gasteiger partial charge in [0.25, 0.3) is 0 Å². The van der Waals surface area contributed by atoms with Crippen molar-refractivity contribution in [3.8, 4) is 5.75 Å². The third kappa shape index (κ3) is 8.61. The third-order valence-electron chi connectivity index (χ3n) is 5.16. The van der Waals surface area contributed by atoms with Gasteiger partial charge in [-0.1, -0.05) is 18.2 Å². The van der Waals surface area contributed by atoms with Crippen molar-refractivity contribution >= 4 is 8.69 Å². The largest absolute Gasteiger partial charge is 0.493 e. The number of aryl methyl sites for hydroxylation is 2. The van der Waals surface area contributed by atoms with E-state index in [1.165, 1.54) is 24.3 Å². The highest BCUT2D eigenvalue weighted by Gasteiger charge is 2.35. The monoisotopic (exact) mass is 513 g/mol. The second-order valence-corrected chi connectivity index (χ2v) is 8.43. The summed E-state index contributed by atoms with van der Waals surface area (Å²) in [5.41, 5.74) is 3.90. The number of aliphatic hydroxyl groups is 1. The van der Waals surface area contributed by atoms with Gasteiger partial charge >= 0.3 is 12.4 Å². The first-order valence-corrected chi connectivity index (χ1v) is 11.3. The summed E-state index contributed by atoms with van der Waals surface area (Å²) in [5, 5.41) is 9.42. The Morgan fingerprint density at radius 2 is 1.56 bits per heavy atom. The zero-order valence-electron chi connectivity index (χ0n) is 18.1. The number of hydrogen-bond donors (Lipinski definition) is 2. The van der Waals surface area contributed by atoms with E-state index in [0.29, 0.717) is 24.0 Å². The van der Waals surface area contributed by atoms with Crippen LogP contribution in [-0.4, -0.2) is 30.5 Å². The number of rotatable bonds is 12. The molecule has 0 aliphatic rings. The van der Waals surface area contributed by atoms with Gasteiger partial charge in [0.1, 0.15) is 5.75 Å². The van der Waals surface area contributed by atoms with Crippen LogP contribution in [0.15, 0.2) is 42.5 Å². The van der Waals surface area contributed by atoms with Gasteiger partial charge in [0, 0.05) is 0 Å². The lowest BCUT2D eigenvalue weighted by Gasteiger charge is -2.26. The maximum atomic E-state index is 13.6. The van der Waals surface area contributed by atoms with Gasteiger partial charge in [-0.2, -0.15) is 26.3 Å². The second kappa shape index (κ2) is 12.1. The van der Waals surface area contributed by atoms with Gasteiger partial charge in [0.05, 0.1) is 36.5 Å². The minimum atomic E-state index is -4.68. The summed E-state index contributed by atoms with van der Waals surface area (Å²) in [4.78, 5) is 0. The molecule has 0 spiro atoms. The molecule has 0 amide bonds. The van der Waals surface area contributed by atoms with E-state index in [2.05, 4.69) is 0 Å². The van der Waals surface area contributed by atoms with Crippen LogP contribution >= 0.6 is 8.69 Å². The summed E-state index contributed by atoms with van der Waals surface area (Å²) >= 11 is 0. The van der Waals surface area contributed by atoms with Crippen LogP contribution in [0.25, 0.3) is 0 Å². The Morgan fingerprint density at radius 3 is 2.12 bits per heavy atom. The highest BCUT2D eigenvalue weighted by molar-refractivity contribution is 7.17. The van der Waals surface area contributed by atoms with E-state index in [1.807, 2.05) is 0 Å². The lowest BCUT2D eigenvalue weighted by Crippen LogP contribution is -2.47. The zero-order chi connectivity index (χ0) is 25.4. The van der Waals surface area contributed by atoms with Crippen molar-refractivity contribution in [1.29, 1.82) is 0 Å². The van der Waals surface area contributed by atoms with E-state index in [4.69, 9.17) is 15.0 Å². The number of nitrogens with two attached hydrogens (primary N) is 1. The molecule has 190 valence electrons. The van der Waals surface area contributed by atoms with Crippen molar-refractivity contribution in [2.45, 2.75) is 43.6 Å². The Balaban J connectivity index is 1.99. The average Bonchev–Trinajstić information content (AvgIpc) is 2.78. The molecule has 12 heteroatoms.